The molecule has 22 heavy (non-hydrogen) atoms. The van der Waals surface area contributed by atoms with Crippen molar-refractivity contribution in [2.45, 2.75) is 25.8 Å². The summed E-state index contributed by atoms with van der Waals surface area (Å²) in [7, 11) is 3.75. The van der Waals surface area contributed by atoms with E-state index in [9.17, 15) is 4.79 Å². The minimum Gasteiger partial charge on any atom is -0.310 e. The van der Waals surface area contributed by atoms with Gasteiger partial charge in [0.25, 0.3) is 0 Å². The summed E-state index contributed by atoms with van der Waals surface area (Å²) in [5, 5.41) is 11.4. The lowest BCUT2D eigenvalue weighted by Gasteiger charge is -2.22. The smallest absolute Gasteiger partial charge is 0.239 e. The Morgan fingerprint density at radius 1 is 1.45 bits per heavy atom. The molecule has 7 nitrogen and oxygen atoms in total. The maximum absolute atomic E-state index is 12.3. The number of aryl methyl sites for hydroxylation is 3. The molecule has 1 amide bonds. The number of carbonyl (C=O) groups is 1. The Bertz CT molecular complexity index is 673. The van der Waals surface area contributed by atoms with Crippen LogP contribution in [0.15, 0.2) is 18.5 Å². The van der Waals surface area contributed by atoms with Gasteiger partial charge in [-0.1, -0.05) is 0 Å². The Hall–Kier alpha value is -2.15. The molecule has 0 aliphatic carbocycles. The molecule has 0 saturated carbocycles. The number of nitrogens with one attached hydrogen (secondary N) is 1. The van der Waals surface area contributed by atoms with E-state index in [-0.39, 0.29) is 11.9 Å². The summed E-state index contributed by atoms with van der Waals surface area (Å²) < 4.78 is 3.50. The lowest BCUT2D eigenvalue weighted by molar-refractivity contribution is -0.117. The third kappa shape index (κ3) is 3.04. The largest absolute Gasteiger partial charge is 0.310 e. The molecule has 1 N–H and O–H groups in total. The molecule has 1 aliphatic rings. The molecule has 1 atom stereocenters. The molecule has 2 aromatic rings. The summed E-state index contributed by atoms with van der Waals surface area (Å²) in [6, 6.07) is 2.16. The molecule has 1 saturated heterocycles. The Morgan fingerprint density at radius 2 is 2.27 bits per heavy atom. The molecule has 0 spiro atoms. The summed E-state index contributed by atoms with van der Waals surface area (Å²) in [5.41, 5.74) is 2.08. The van der Waals surface area contributed by atoms with Gasteiger partial charge in [-0.05, 0) is 26.3 Å². The molecule has 1 aliphatic heterocycles. The Balaban J connectivity index is 1.64. The van der Waals surface area contributed by atoms with Crippen molar-refractivity contribution in [2.75, 3.05) is 18.4 Å². The van der Waals surface area contributed by atoms with E-state index in [4.69, 9.17) is 0 Å². The van der Waals surface area contributed by atoms with Gasteiger partial charge in [-0.25, -0.2) is 0 Å². The van der Waals surface area contributed by atoms with E-state index in [1.807, 2.05) is 44.2 Å². The molecule has 3 rings (SSSR count). The highest BCUT2D eigenvalue weighted by Gasteiger charge is 2.28. The van der Waals surface area contributed by atoms with E-state index in [0.717, 1.165) is 30.9 Å². The van der Waals surface area contributed by atoms with Crippen molar-refractivity contribution in [3.8, 4) is 0 Å². The highest BCUT2D eigenvalue weighted by molar-refractivity contribution is 5.91. The van der Waals surface area contributed by atoms with Gasteiger partial charge in [0, 0.05) is 38.0 Å². The third-order valence-corrected chi connectivity index (χ3v) is 4.09. The van der Waals surface area contributed by atoms with Crippen LogP contribution < -0.4 is 5.32 Å². The van der Waals surface area contributed by atoms with Gasteiger partial charge >= 0.3 is 0 Å². The van der Waals surface area contributed by atoms with Gasteiger partial charge in [0.1, 0.15) is 5.82 Å². The summed E-state index contributed by atoms with van der Waals surface area (Å²) in [6.07, 6.45) is 6.11. The van der Waals surface area contributed by atoms with Crippen molar-refractivity contribution < 1.29 is 4.79 Å². The Labute approximate surface area is 129 Å². The first-order chi connectivity index (χ1) is 10.5. The minimum atomic E-state index is -0.00112. The predicted octanol–water partition coefficient (Wildman–Crippen LogP) is 1.24. The lowest BCUT2D eigenvalue weighted by atomic mass is 10.1. The average molecular weight is 302 g/mol. The number of rotatable bonds is 4. The zero-order valence-corrected chi connectivity index (χ0v) is 13.3. The van der Waals surface area contributed by atoms with Crippen molar-refractivity contribution >= 4 is 11.7 Å². The second-order valence-corrected chi connectivity index (χ2v) is 5.92. The fraction of sp³-hybridized carbons (Fsp3) is 0.533. The fourth-order valence-electron chi connectivity index (χ4n) is 3.10. The molecule has 2 aromatic heterocycles. The zero-order chi connectivity index (χ0) is 15.7. The number of aromatic nitrogens is 4. The van der Waals surface area contributed by atoms with E-state index in [2.05, 4.69) is 20.4 Å². The van der Waals surface area contributed by atoms with Crippen LogP contribution in [-0.2, 0) is 18.9 Å². The topological polar surface area (TPSA) is 68.0 Å². The highest BCUT2D eigenvalue weighted by Crippen LogP contribution is 2.31. The van der Waals surface area contributed by atoms with Crippen molar-refractivity contribution in [3.63, 3.8) is 0 Å². The zero-order valence-electron chi connectivity index (χ0n) is 13.3. The molecule has 1 unspecified atom stereocenters. The van der Waals surface area contributed by atoms with Gasteiger partial charge in [-0.2, -0.15) is 10.2 Å². The molecule has 3 heterocycles. The van der Waals surface area contributed by atoms with Crippen LogP contribution in [0, 0.1) is 6.92 Å². The van der Waals surface area contributed by atoms with Crippen molar-refractivity contribution in [3.05, 3.63) is 29.7 Å². The first-order valence-corrected chi connectivity index (χ1v) is 7.56. The molecule has 1 fully saturated rings. The van der Waals surface area contributed by atoms with E-state index < -0.39 is 0 Å². The van der Waals surface area contributed by atoms with Crippen molar-refractivity contribution in [2.24, 2.45) is 14.1 Å². The average Bonchev–Trinajstić information content (AvgIpc) is 3.12. The predicted molar refractivity (Wildman–Crippen MR) is 83.3 cm³/mol. The molecule has 0 radical (unpaired) electrons. The summed E-state index contributed by atoms with van der Waals surface area (Å²) in [5.74, 6) is 0.735. The first kappa shape index (κ1) is 14.8. The quantitative estimate of drug-likeness (QED) is 0.922. The van der Waals surface area contributed by atoms with Crippen LogP contribution in [0.1, 0.15) is 30.1 Å². The maximum Gasteiger partial charge on any atom is 0.239 e. The number of carbonyl (C=O) groups excluding carboxylic acids is 1. The monoisotopic (exact) mass is 302 g/mol. The maximum atomic E-state index is 12.3. The van der Waals surface area contributed by atoms with Gasteiger partial charge in [0.15, 0.2) is 0 Å². The van der Waals surface area contributed by atoms with Gasteiger partial charge in [-0.15, -0.1) is 0 Å². The molecule has 7 heteroatoms. The van der Waals surface area contributed by atoms with Crippen LogP contribution in [0.2, 0.25) is 0 Å². The van der Waals surface area contributed by atoms with Crippen LogP contribution in [0.3, 0.4) is 0 Å². The third-order valence-electron chi connectivity index (χ3n) is 4.09. The highest BCUT2D eigenvalue weighted by atomic mass is 16.2. The van der Waals surface area contributed by atoms with Gasteiger partial charge < -0.3 is 5.32 Å². The summed E-state index contributed by atoms with van der Waals surface area (Å²) >= 11 is 0. The molecular formula is C15H22N6O. The number of hydrogen-bond acceptors (Lipinski definition) is 4. The standard InChI is InChI=1S/C15H22N6O/c1-11-7-14(20(3)18-11)17-15(22)10-21-6-4-5-13(21)12-8-16-19(2)9-12/h7-9,13H,4-6,10H2,1-3H3,(H,17,22). The normalized spacial score (nSPS) is 18.8. The van der Waals surface area contributed by atoms with Gasteiger partial charge in [0.05, 0.1) is 18.4 Å². The van der Waals surface area contributed by atoms with Gasteiger partial charge in [0.2, 0.25) is 5.91 Å². The second kappa shape index (κ2) is 5.92. The second-order valence-electron chi connectivity index (χ2n) is 5.92. The fourth-order valence-corrected chi connectivity index (χ4v) is 3.10. The van der Waals surface area contributed by atoms with Gasteiger partial charge in [-0.3, -0.25) is 19.1 Å². The van der Waals surface area contributed by atoms with E-state index in [1.165, 1.54) is 5.56 Å². The number of likely N-dealkylation sites (tertiary alicyclic amines) is 1. The number of amides is 1. The van der Waals surface area contributed by atoms with Crippen LogP contribution in [0.5, 0.6) is 0 Å². The number of anilines is 1. The minimum absolute atomic E-state index is 0.00112. The van der Waals surface area contributed by atoms with Crippen molar-refractivity contribution in [1.29, 1.82) is 0 Å². The van der Waals surface area contributed by atoms with Crippen molar-refractivity contribution in [1.82, 2.24) is 24.5 Å². The van der Waals surface area contributed by atoms with E-state index in [0.29, 0.717) is 6.54 Å². The van der Waals surface area contributed by atoms with E-state index >= 15 is 0 Å². The van der Waals surface area contributed by atoms with Crippen LogP contribution in [-0.4, -0.2) is 43.5 Å². The summed E-state index contributed by atoms with van der Waals surface area (Å²) in [6.45, 7) is 3.25. The van der Waals surface area contributed by atoms with E-state index in [1.54, 1.807) is 4.68 Å². The lowest BCUT2D eigenvalue weighted by Crippen LogP contribution is -2.33. The SMILES string of the molecule is Cc1cc(NC(=O)CN2CCCC2c2cnn(C)c2)n(C)n1. The summed E-state index contributed by atoms with van der Waals surface area (Å²) in [4.78, 5) is 14.5. The van der Waals surface area contributed by atoms with Crippen LogP contribution in [0.25, 0.3) is 0 Å². The number of hydrogen-bond donors (Lipinski definition) is 1. The molecule has 118 valence electrons. The first-order valence-electron chi connectivity index (χ1n) is 7.56. The Morgan fingerprint density at radius 3 is 2.91 bits per heavy atom. The molecule has 0 aromatic carbocycles. The molecular weight excluding hydrogens is 280 g/mol. The van der Waals surface area contributed by atoms with Crippen LogP contribution in [0.4, 0.5) is 5.82 Å². The number of nitrogens with zero attached hydrogens (tertiary/aromatic N) is 5. The van der Waals surface area contributed by atoms with Crippen LogP contribution >= 0.6 is 0 Å². The Kier molecular flexibility index (Phi) is 3.98. The molecule has 0 bridgehead atoms.